The number of nitrogens with one attached hydrogen (secondary N) is 2. The van der Waals surface area contributed by atoms with E-state index in [4.69, 9.17) is 16.3 Å². The van der Waals surface area contributed by atoms with Crippen LogP contribution in [-0.2, 0) is 25.5 Å². The molecule has 11 heteroatoms. The zero-order valence-corrected chi connectivity index (χ0v) is 23.4. The van der Waals surface area contributed by atoms with Gasteiger partial charge in [0, 0.05) is 24.1 Å². The number of aromatic amines is 1. The van der Waals surface area contributed by atoms with Gasteiger partial charge in [0.1, 0.15) is 11.6 Å². The average molecular weight is 583 g/mol. The van der Waals surface area contributed by atoms with Gasteiger partial charge in [-0.2, -0.15) is 0 Å². The molecule has 2 aliphatic heterocycles. The van der Waals surface area contributed by atoms with Crippen LogP contribution >= 0.6 is 11.6 Å². The molecular weight excluding hydrogens is 554 g/mol. The summed E-state index contributed by atoms with van der Waals surface area (Å²) in [4.78, 5) is 47.8. The van der Waals surface area contributed by atoms with Crippen LogP contribution in [0.15, 0.2) is 42.6 Å². The van der Waals surface area contributed by atoms with E-state index in [-0.39, 0.29) is 47.4 Å². The Balaban J connectivity index is 1.49. The monoisotopic (exact) mass is 582 g/mol. The summed E-state index contributed by atoms with van der Waals surface area (Å²) in [5.41, 5.74) is 2.48. The van der Waals surface area contributed by atoms with Crippen molar-refractivity contribution >= 4 is 40.6 Å². The molecule has 2 bridgehead atoms. The number of benzene rings is 2. The third-order valence-corrected chi connectivity index (χ3v) is 7.92. The Kier molecular flexibility index (Phi) is 8.21. The van der Waals surface area contributed by atoms with E-state index in [1.807, 2.05) is 6.92 Å². The first kappa shape index (κ1) is 28.5. The molecule has 2 N–H and O–H groups in total. The number of carbonyl (C=O) groups excluding carboxylic acids is 3. The molecule has 41 heavy (non-hydrogen) atoms. The van der Waals surface area contributed by atoms with Crippen LogP contribution in [0.5, 0.6) is 0 Å². The smallest absolute Gasteiger partial charge is 0.309 e. The molecule has 0 radical (unpaired) electrons. The van der Waals surface area contributed by atoms with Crippen LogP contribution in [0.3, 0.4) is 0 Å². The Morgan fingerprint density at radius 3 is 2.76 bits per heavy atom. The fourth-order valence-corrected chi connectivity index (χ4v) is 5.51. The minimum absolute atomic E-state index is 0.0566. The van der Waals surface area contributed by atoms with Crippen molar-refractivity contribution in [3.63, 3.8) is 0 Å². The highest BCUT2D eigenvalue weighted by Crippen LogP contribution is 2.37. The molecule has 0 saturated carbocycles. The first-order valence-corrected chi connectivity index (χ1v) is 13.7. The first-order valence-electron chi connectivity index (χ1n) is 13.4. The maximum atomic E-state index is 14.7. The molecule has 2 atom stereocenters. The highest BCUT2D eigenvalue weighted by Gasteiger charge is 2.32. The van der Waals surface area contributed by atoms with Crippen LogP contribution < -0.4 is 5.32 Å². The maximum Gasteiger partial charge on any atom is 0.309 e. The second-order valence-corrected chi connectivity index (χ2v) is 10.7. The summed E-state index contributed by atoms with van der Waals surface area (Å²) >= 11 is 5.87. The Morgan fingerprint density at radius 2 is 2.00 bits per heavy atom. The third-order valence-electron chi connectivity index (χ3n) is 7.63. The molecule has 0 aliphatic carbocycles. The van der Waals surface area contributed by atoms with E-state index in [2.05, 4.69) is 15.3 Å². The van der Waals surface area contributed by atoms with E-state index < -0.39 is 29.6 Å². The molecule has 5 rings (SSSR count). The Labute approximate surface area is 240 Å². The molecular formula is C30H29ClF2N4O4. The topological polar surface area (TPSA) is 104 Å². The van der Waals surface area contributed by atoms with E-state index in [1.165, 1.54) is 13.2 Å². The lowest BCUT2D eigenvalue weighted by Gasteiger charge is -2.33. The van der Waals surface area contributed by atoms with Gasteiger partial charge in [0.25, 0.3) is 0 Å². The summed E-state index contributed by atoms with van der Waals surface area (Å²) < 4.78 is 34.0. The van der Waals surface area contributed by atoms with Gasteiger partial charge in [-0.1, -0.05) is 37.1 Å². The summed E-state index contributed by atoms with van der Waals surface area (Å²) in [5, 5.41) is 2.78. The van der Waals surface area contributed by atoms with Gasteiger partial charge in [0.15, 0.2) is 5.82 Å². The van der Waals surface area contributed by atoms with Crippen molar-refractivity contribution in [1.29, 1.82) is 0 Å². The molecule has 3 heterocycles. The van der Waals surface area contributed by atoms with Crippen molar-refractivity contribution in [3.05, 3.63) is 76.2 Å². The number of aromatic nitrogens is 2. The minimum atomic E-state index is -0.887. The molecule has 0 unspecified atom stereocenters. The Hall–Kier alpha value is -4.05. The molecule has 3 aromatic rings. The number of imidazole rings is 1. The number of hydrogen-bond acceptors (Lipinski definition) is 5. The molecule has 0 saturated heterocycles. The van der Waals surface area contributed by atoms with Crippen LogP contribution in [0.2, 0.25) is 5.02 Å². The number of amides is 2. The Bertz CT molecular complexity index is 1550. The van der Waals surface area contributed by atoms with Crippen molar-refractivity contribution in [2.24, 2.45) is 5.92 Å². The van der Waals surface area contributed by atoms with Gasteiger partial charge in [-0.15, -0.1) is 0 Å². The summed E-state index contributed by atoms with van der Waals surface area (Å²) in [6.07, 6.45) is 4.91. The van der Waals surface area contributed by atoms with E-state index in [9.17, 15) is 23.2 Å². The van der Waals surface area contributed by atoms with Gasteiger partial charge in [-0.3, -0.25) is 14.4 Å². The largest absolute Gasteiger partial charge is 0.469 e. The van der Waals surface area contributed by atoms with Gasteiger partial charge in [0.2, 0.25) is 11.8 Å². The summed E-state index contributed by atoms with van der Waals surface area (Å²) in [7, 11) is 1.32. The number of ether oxygens (including phenoxy) is 1. The number of rotatable bonds is 4. The first-order chi connectivity index (χ1) is 19.7. The zero-order valence-electron chi connectivity index (χ0n) is 22.6. The van der Waals surface area contributed by atoms with Crippen molar-refractivity contribution < 1.29 is 27.9 Å². The lowest BCUT2D eigenvalue weighted by atomic mass is 9.95. The van der Waals surface area contributed by atoms with E-state index in [0.717, 1.165) is 12.1 Å². The number of fused-ring (bicyclic) bond motifs is 4. The minimum Gasteiger partial charge on any atom is -0.469 e. The van der Waals surface area contributed by atoms with Gasteiger partial charge < -0.3 is 19.9 Å². The van der Waals surface area contributed by atoms with Crippen LogP contribution in [0, 0.1) is 17.6 Å². The lowest BCUT2D eigenvalue weighted by molar-refractivity contribution is -0.139. The van der Waals surface area contributed by atoms with Crippen LogP contribution in [0.25, 0.3) is 16.8 Å². The number of halogens is 3. The predicted molar refractivity (Wildman–Crippen MR) is 150 cm³/mol. The molecule has 2 aromatic carbocycles. The van der Waals surface area contributed by atoms with Crippen molar-refractivity contribution in [1.82, 2.24) is 14.9 Å². The molecule has 0 spiro atoms. The highest BCUT2D eigenvalue weighted by molar-refractivity contribution is 6.31. The van der Waals surface area contributed by atoms with Crippen LogP contribution in [0.1, 0.15) is 55.6 Å². The van der Waals surface area contributed by atoms with E-state index >= 15 is 0 Å². The van der Waals surface area contributed by atoms with Gasteiger partial charge in [-0.05, 0) is 48.6 Å². The molecule has 1 aromatic heterocycles. The summed E-state index contributed by atoms with van der Waals surface area (Å²) in [6.45, 7) is 2.06. The van der Waals surface area contributed by atoms with Gasteiger partial charge in [0.05, 0.1) is 47.7 Å². The van der Waals surface area contributed by atoms with E-state index in [0.29, 0.717) is 47.6 Å². The van der Waals surface area contributed by atoms with Crippen molar-refractivity contribution in [3.8, 4) is 11.3 Å². The van der Waals surface area contributed by atoms with Crippen molar-refractivity contribution in [2.45, 2.75) is 45.1 Å². The number of hydrogen-bond donors (Lipinski definition) is 2. The fraction of sp³-hybridized carbons (Fsp3) is 0.333. The molecule has 0 fully saturated rings. The molecule has 214 valence electrons. The summed E-state index contributed by atoms with van der Waals surface area (Å²) in [5.74, 6) is -2.36. The number of carbonyl (C=O) groups is 3. The maximum absolute atomic E-state index is 14.7. The third kappa shape index (κ3) is 5.88. The summed E-state index contributed by atoms with van der Waals surface area (Å²) in [6, 6.07) is 7.11. The number of nitrogens with zero attached hydrogens (tertiary/aromatic N) is 2. The zero-order chi connectivity index (χ0) is 29.3. The SMILES string of the molecule is COC(=O)Cc1ccc2c(c1)NC(=O)[C@H](C)CCC[C@H](N1CCC(c3c(F)ccc(Cl)c3F)=CC1=O)c1ncc-2[nH]1. The second-order valence-electron chi connectivity index (χ2n) is 10.3. The second kappa shape index (κ2) is 11.8. The standard InChI is InChI=1S/C30H29ClF2N4O4/c1-16-4-3-5-24(37-11-10-18(14-25(37)38)27-21(32)9-8-20(31)28(27)33)29-34-15-23(35-29)19-7-6-17(13-26(39)41-2)12-22(19)36-30(16)40/h6-9,12,14-16,24H,3-5,10-11,13H2,1-2H3,(H,34,35)(H,36,40)/t16-,24+/m1/s1. The number of anilines is 1. The molecule has 2 aliphatic rings. The number of methoxy groups -OCH3 is 1. The number of esters is 1. The average Bonchev–Trinajstić information content (AvgIpc) is 3.43. The molecule has 2 amide bonds. The molecule has 8 nitrogen and oxygen atoms in total. The number of H-pyrrole nitrogens is 1. The van der Waals surface area contributed by atoms with Gasteiger partial charge >= 0.3 is 5.97 Å². The highest BCUT2D eigenvalue weighted by atomic mass is 35.5. The quantitative estimate of drug-likeness (QED) is 0.297. The predicted octanol–water partition coefficient (Wildman–Crippen LogP) is 5.84. The normalized spacial score (nSPS) is 19.4. The lowest BCUT2D eigenvalue weighted by Crippen LogP contribution is -2.38. The van der Waals surface area contributed by atoms with Crippen molar-refractivity contribution in [2.75, 3.05) is 19.0 Å². The Morgan fingerprint density at radius 1 is 1.20 bits per heavy atom. The fourth-order valence-electron chi connectivity index (χ4n) is 5.35. The van der Waals surface area contributed by atoms with Gasteiger partial charge in [-0.25, -0.2) is 13.8 Å². The van der Waals surface area contributed by atoms with Crippen LogP contribution in [0.4, 0.5) is 14.5 Å². The van der Waals surface area contributed by atoms with E-state index in [1.54, 1.807) is 29.3 Å². The van der Waals surface area contributed by atoms with Crippen LogP contribution in [-0.4, -0.2) is 46.3 Å².